The van der Waals surface area contributed by atoms with Crippen LogP contribution in [0.5, 0.6) is 0 Å². The molecule has 0 spiro atoms. The normalized spacial score (nSPS) is 11.2. The lowest BCUT2D eigenvalue weighted by molar-refractivity contribution is 0.182. The molecular formula is C11H10N4OS2. The average molecular weight is 278 g/mol. The number of nitrogens with zero attached hydrogens (tertiary/aromatic N) is 3. The van der Waals surface area contributed by atoms with Gasteiger partial charge in [0, 0.05) is 19.5 Å². The molecule has 7 heteroatoms. The summed E-state index contributed by atoms with van der Waals surface area (Å²) in [5.74, 6) is 0. The molecule has 92 valence electrons. The van der Waals surface area contributed by atoms with E-state index in [9.17, 15) is 0 Å². The van der Waals surface area contributed by atoms with E-state index < -0.39 is 0 Å². The molecule has 3 rings (SSSR count). The Hall–Kier alpha value is -1.57. The maximum absolute atomic E-state index is 5.76. The van der Waals surface area contributed by atoms with Gasteiger partial charge in [0.05, 0.1) is 27.4 Å². The van der Waals surface area contributed by atoms with Crippen LogP contribution in [0.4, 0.5) is 5.13 Å². The molecule has 2 N–H and O–H groups in total. The Morgan fingerprint density at radius 3 is 3.00 bits per heavy atom. The number of thiazole rings is 2. The first kappa shape index (κ1) is 11.5. The Kier molecular flexibility index (Phi) is 2.94. The van der Waals surface area contributed by atoms with E-state index in [2.05, 4.69) is 15.0 Å². The molecule has 3 heterocycles. The van der Waals surface area contributed by atoms with Crippen molar-refractivity contribution in [3.63, 3.8) is 0 Å². The van der Waals surface area contributed by atoms with Crippen LogP contribution in [0.25, 0.3) is 20.1 Å². The quantitative estimate of drug-likeness (QED) is 0.797. The number of hydrogen-bond donors (Lipinski definition) is 1. The highest BCUT2D eigenvalue weighted by Gasteiger charge is 2.15. The molecule has 18 heavy (non-hydrogen) atoms. The third-order valence-corrected chi connectivity index (χ3v) is 4.47. The number of nitrogen functional groups attached to an aromatic ring is 1. The Bertz CT molecular complexity index is 658. The van der Waals surface area contributed by atoms with Crippen molar-refractivity contribution in [3.05, 3.63) is 24.2 Å². The minimum atomic E-state index is 0.442. The molecular weight excluding hydrogens is 268 g/mol. The number of hydrogen-bond acceptors (Lipinski definition) is 7. The topological polar surface area (TPSA) is 73.9 Å². The summed E-state index contributed by atoms with van der Waals surface area (Å²) in [4.78, 5) is 13.9. The first-order chi connectivity index (χ1) is 8.78. The molecule has 3 aromatic rings. The van der Waals surface area contributed by atoms with E-state index >= 15 is 0 Å². The van der Waals surface area contributed by atoms with Crippen molar-refractivity contribution in [2.45, 2.75) is 6.61 Å². The molecule has 0 atom stereocenters. The van der Waals surface area contributed by atoms with E-state index in [1.54, 1.807) is 24.6 Å². The Morgan fingerprint density at radius 1 is 1.33 bits per heavy atom. The van der Waals surface area contributed by atoms with Crippen LogP contribution in [0, 0.1) is 0 Å². The minimum absolute atomic E-state index is 0.442. The first-order valence-corrected chi connectivity index (χ1v) is 6.86. The second-order valence-electron chi connectivity index (χ2n) is 3.62. The molecule has 0 bridgehead atoms. The van der Waals surface area contributed by atoms with Gasteiger partial charge in [0.25, 0.3) is 0 Å². The van der Waals surface area contributed by atoms with Crippen LogP contribution in [-0.4, -0.2) is 22.1 Å². The van der Waals surface area contributed by atoms with E-state index in [0.29, 0.717) is 11.7 Å². The van der Waals surface area contributed by atoms with Crippen molar-refractivity contribution in [3.8, 4) is 9.88 Å². The summed E-state index contributed by atoms with van der Waals surface area (Å²) in [5.41, 5.74) is 7.54. The van der Waals surface area contributed by atoms with Crippen molar-refractivity contribution >= 4 is 38.0 Å². The summed E-state index contributed by atoms with van der Waals surface area (Å²) in [6, 6.07) is 1.90. The molecule has 0 fully saturated rings. The number of aromatic nitrogens is 3. The van der Waals surface area contributed by atoms with E-state index in [1.807, 2.05) is 12.3 Å². The van der Waals surface area contributed by atoms with Crippen molar-refractivity contribution in [2.75, 3.05) is 12.8 Å². The molecule has 0 amide bonds. The smallest absolute Gasteiger partial charge is 0.180 e. The number of methoxy groups -OCH3 is 1. The zero-order valence-electron chi connectivity index (χ0n) is 9.58. The molecule has 0 saturated heterocycles. The average Bonchev–Trinajstić information content (AvgIpc) is 2.92. The summed E-state index contributed by atoms with van der Waals surface area (Å²) in [5, 5.41) is 1.45. The maximum atomic E-state index is 5.76. The van der Waals surface area contributed by atoms with Crippen LogP contribution in [0.15, 0.2) is 18.5 Å². The molecule has 0 radical (unpaired) electrons. The monoisotopic (exact) mass is 278 g/mol. The standard InChI is InChI=1S/C11H10N4OS2/c1-16-5-7-9(18-11(12)15-7)10-14-6-2-3-13-4-8(6)17-10/h2-4H,5H2,1H3,(H2,12,15). The maximum Gasteiger partial charge on any atom is 0.180 e. The van der Waals surface area contributed by atoms with E-state index in [1.165, 1.54) is 11.3 Å². The first-order valence-electron chi connectivity index (χ1n) is 5.23. The fourth-order valence-electron chi connectivity index (χ4n) is 1.65. The third-order valence-electron chi connectivity index (χ3n) is 2.38. The molecule has 0 aliphatic carbocycles. The summed E-state index contributed by atoms with van der Waals surface area (Å²) in [6.45, 7) is 0.442. The van der Waals surface area contributed by atoms with Gasteiger partial charge < -0.3 is 10.5 Å². The van der Waals surface area contributed by atoms with Crippen LogP contribution in [0.3, 0.4) is 0 Å². The van der Waals surface area contributed by atoms with Crippen LogP contribution >= 0.6 is 22.7 Å². The van der Waals surface area contributed by atoms with Gasteiger partial charge in [-0.25, -0.2) is 9.97 Å². The number of anilines is 1. The molecule has 5 nitrogen and oxygen atoms in total. The molecule has 0 unspecified atom stereocenters. The summed E-state index contributed by atoms with van der Waals surface area (Å²) in [7, 11) is 1.64. The van der Waals surface area contributed by atoms with Gasteiger partial charge in [-0.15, -0.1) is 11.3 Å². The SMILES string of the molecule is COCc1nc(N)sc1-c1nc2ccncc2s1. The molecule has 0 saturated carbocycles. The van der Waals surface area contributed by atoms with Gasteiger partial charge in [-0.1, -0.05) is 11.3 Å². The van der Waals surface area contributed by atoms with Gasteiger partial charge >= 0.3 is 0 Å². The Morgan fingerprint density at radius 2 is 2.22 bits per heavy atom. The molecule has 0 aromatic carbocycles. The second-order valence-corrected chi connectivity index (χ2v) is 5.68. The largest absolute Gasteiger partial charge is 0.378 e. The Balaban J connectivity index is 2.13. The second kappa shape index (κ2) is 4.60. The summed E-state index contributed by atoms with van der Waals surface area (Å²) in [6.07, 6.45) is 3.56. The van der Waals surface area contributed by atoms with Gasteiger partial charge in [-0.05, 0) is 6.07 Å². The van der Waals surface area contributed by atoms with Gasteiger partial charge in [-0.3, -0.25) is 4.98 Å². The third kappa shape index (κ3) is 1.96. The molecule has 3 aromatic heterocycles. The predicted molar refractivity (Wildman–Crippen MR) is 73.6 cm³/mol. The number of pyridine rings is 1. The lowest BCUT2D eigenvalue weighted by atomic mass is 10.4. The number of ether oxygens (including phenoxy) is 1. The van der Waals surface area contributed by atoms with Gasteiger partial charge in [0.1, 0.15) is 5.01 Å². The van der Waals surface area contributed by atoms with E-state index in [0.717, 1.165) is 25.8 Å². The number of rotatable bonds is 3. The Labute approximate surface area is 111 Å². The highest BCUT2D eigenvalue weighted by molar-refractivity contribution is 7.26. The summed E-state index contributed by atoms with van der Waals surface area (Å²) < 4.78 is 6.19. The zero-order chi connectivity index (χ0) is 12.5. The summed E-state index contributed by atoms with van der Waals surface area (Å²) >= 11 is 3.03. The van der Waals surface area contributed by atoms with Crippen molar-refractivity contribution in [1.29, 1.82) is 0 Å². The van der Waals surface area contributed by atoms with Crippen molar-refractivity contribution in [2.24, 2.45) is 0 Å². The molecule has 0 aliphatic rings. The highest BCUT2D eigenvalue weighted by atomic mass is 32.1. The van der Waals surface area contributed by atoms with Gasteiger partial charge in [-0.2, -0.15) is 0 Å². The van der Waals surface area contributed by atoms with Crippen molar-refractivity contribution < 1.29 is 4.74 Å². The number of fused-ring (bicyclic) bond motifs is 1. The van der Waals surface area contributed by atoms with E-state index in [4.69, 9.17) is 10.5 Å². The predicted octanol–water partition coefficient (Wildman–Crippen LogP) is 2.54. The van der Waals surface area contributed by atoms with Crippen LogP contribution in [-0.2, 0) is 11.3 Å². The fraction of sp³-hybridized carbons (Fsp3) is 0.182. The van der Waals surface area contributed by atoms with Crippen LogP contribution in [0.2, 0.25) is 0 Å². The van der Waals surface area contributed by atoms with Crippen LogP contribution < -0.4 is 5.73 Å². The number of nitrogens with two attached hydrogens (primary N) is 1. The molecule has 0 aliphatic heterocycles. The fourth-order valence-corrected chi connectivity index (χ4v) is 3.51. The van der Waals surface area contributed by atoms with Crippen molar-refractivity contribution in [1.82, 2.24) is 15.0 Å². The lowest BCUT2D eigenvalue weighted by Crippen LogP contribution is -1.91. The lowest BCUT2D eigenvalue weighted by Gasteiger charge is -1.96. The van der Waals surface area contributed by atoms with E-state index in [-0.39, 0.29) is 0 Å². The van der Waals surface area contributed by atoms with Gasteiger partial charge in [0.15, 0.2) is 5.13 Å². The minimum Gasteiger partial charge on any atom is -0.378 e. The van der Waals surface area contributed by atoms with Crippen LogP contribution in [0.1, 0.15) is 5.69 Å². The zero-order valence-corrected chi connectivity index (χ0v) is 11.2. The highest BCUT2D eigenvalue weighted by Crippen LogP contribution is 2.36. The van der Waals surface area contributed by atoms with Gasteiger partial charge in [0.2, 0.25) is 0 Å².